The molecule has 0 aliphatic carbocycles. The van der Waals surface area contributed by atoms with Crippen molar-refractivity contribution in [3.63, 3.8) is 0 Å². The first-order chi connectivity index (χ1) is 19.6. The number of aromatic nitrogens is 1. The van der Waals surface area contributed by atoms with Crippen LogP contribution in [0.3, 0.4) is 0 Å². The van der Waals surface area contributed by atoms with E-state index in [4.69, 9.17) is 19.3 Å². The van der Waals surface area contributed by atoms with E-state index < -0.39 is 76.7 Å². The molecule has 230 valence electrons. The minimum Gasteiger partial charge on any atom is -0.465 e. The maximum atomic E-state index is 14.5. The molecule has 1 aromatic carbocycles. The molecule has 0 saturated carbocycles. The first kappa shape index (κ1) is 33.0. The van der Waals surface area contributed by atoms with Crippen LogP contribution in [-0.4, -0.2) is 59.3 Å². The van der Waals surface area contributed by atoms with Gasteiger partial charge < -0.3 is 19.3 Å². The summed E-state index contributed by atoms with van der Waals surface area (Å²) >= 11 is 2.53. The monoisotopic (exact) mass is 672 g/mol. The van der Waals surface area contributed by atoms with Gasteiger partial charge in [-0.2, -0.15) is 26.3 Å². The highest BCUT2D eigenvalue weighted by Crippen LogP contribution is 2.40. The summed E-state index contributed by atoms with van der Waals surface area (Å²) in [5.74, 6) is -3.39. The van der Waals surface area contributed by atoms with Gasteiger partial charge in [-0.25, -0.2) is 9.78 Å². The van der Waals surface area contributed by atoms with Crippen LogP contribution in [-0.2, 0) is 31.8 Å². The molecule has 0 spiro atoms. The number of hydrazine groups is 1. The van der Waals surface area contributed by atoms with Crippen molar-refractivity contribution in [1.82, 2.24) is 15.8 Å². The van der Waals surface area contributed by atoms with E-state index in [0.717, 1.165) is 0 Å². The van der Waals surface area contributed by atoms with Gasteiger partial charge in [0.05, 0.1) is 31.1 Å². The summed E-state index contributed by atoms with van der Waals surface area (Å²) in [6.07, 6.45) is -14.2. The highest BCUT2D eigenvalue weighted by atomic mass is 79.9. The quantitative estimate of drug-likeness (QED) is 0.160. The topological polar surface area (TPSA) is 148 Å². The van der Waals surface area contributed by atoms with E-state index in [2.05, 4.69) is 20.9 Å². The number of nitrogens with zero attached hydrogens (tertiary/aromatic N) is 1. The molecule has 2 aromatic rings. The van der Waals surface area contributed by atoms with Crippen molar-refractivity contribution in [3.8, 4) is 0 Å². The van der Waals surface area contributed by atoms with E-state index in [1.165, 1.54) is 12.1 Å². The van der Waals surface area contributed by atoms with Gasteiger partial charge in [0.25, 0.3) is 11.8 Å². The summed E-state index contributed by atoms with van der Waals surface area (Å²) < 4.78 is 98.1. The number of carbonyl (C=O) groups is 3. The third kappa shape index (κ3) is 8.30. The number of carbonyl (C=O) groups excluding carboxylic acids is 2. The average Bonchev–Trinajstić information content (AvgIpc) is 3.42. The van der Waals surface area contributed by atoms with Crippen molar-refractivity contribution < 1.29 is 60.0 Å². The van der Waals surface area contributed by atoms with Crippen LogP contribution in [0.1, 0.15) is 40.9 Å². The average molecular weight is 673 g/mol. The van der Waals surface area contributed by atoms with E-state index in [0.29, 0.717) is 5.56 Å². The Morgan fingerprint density at radius 3 is 2.26 bits per heavy atom. The van der Waals surface area contributed by atoms with Gasteiger partial charge in [-0.15, -0.1) is 0 Å². The van der Waals surface area contributed by atoms with Crippen molar-refractivity contribution in [3.05, 3.63) is 57.8 Å². The molecule has 18 heteroatoms. The summed E-state index contributed by atoms with van der Waals surface area (Å²) in [6, 6.07) is 7.88. The molecule has 1 aliphatic heterocycles. The minimum atomic E-state index is -5.32. The van der Waals surface area contributed by atoms with E-state index >= 15 is 0 Å². The standard InChI is InChI=1S/C24H23BrF6N4O7/c25-18-14(23(26,27)28)11-15(32-21(38)39)17(33-18)19(36)34-35-20(37)22(24(29,30)31,8-4-7-16-40-9-10-41-16)42-12-13-5-2-1-3-6-13/h1-3,5-6,11,16,32H,4,7-10,12H2,(H,34,36)(H,35,37)(H,38,39). The number of carboxylic acid groups (broad SMARTS) is 1. The molecule has 3 rings (SSSR count). The summed E-state index contributed by atoms with van der Waals surface area (Å²) in [4.78, 5) is 40.3. The molecule has 1 unspecified atom stereocenters. The molecule has 1 atom stereocenters. The van der Waals surface area contributed by atoms with E-state index in [-0.39, 0.29) is 32.1 Å². The number of alkyl halides is 6. The van der Waals surface area contributed by atoms with Gasteiger partial charge in [-0.3, -0.25) is 25.8 Å². The number of halogens is 7. The number of nitrogens with one attached hydrogen (secondary N) is 3. The van der Waals surface area contributed by atoms with Gasteiger partial charge in [0.1, 0.15) is 4.60 Å². The highest BCUT2D eigenvalue weighted by Gasteiger charge is 2.61. The lowest BCUT2D eigenvalue weighted by Gasteiger charge is -2.34. The number of anilines is 1. The molecule has 11 nitrogen and oxygen atoms in total. The number of pyridine rings is 1. The normalized spacial score (nSPS) is 15.6. The summed E-state index contributed by atoms with van der Waals surface area (Å²) in [5, 5.41) is 10.5. The maximum Gasteiger partial charge on any atom is 0.426 e. The van der Waals surface area contributed by atoms with E-state index in [1.807, 2.05) is 0 Å². The van der Waals surface area contributed by atoms with Crippen LogP contribution in [0.4, 0.5) is 36.8 Å². The number of hydrogen-bond donors (Lipinski definition) is 4. The van der Waals surface area contributed by atoms with Crippen LogP contribution in [0.15, 0.2) is 41.0 Å². The molecule has 0 bridgehead atoms. The van der Waals surface area contributed by atoms with Crippen molar-refractivity contribution >= 4 is 39.5 Å². The van der Waals surface area contributed by atoms with Gasteiger partial charge in [-0.1, -0.05) is 30.3 Å². The van der Waals surface area contributed by atoms with Crippen LogP contribution in [0.2, 0.25) is 0 Å². The first-order valence-corrected chi connectivity index (χ1v) is 12.8. The molecular formula is C24H23BrF6N4O7. The second-order valence-electron chi connectivity index (χ2n) is 8.72. The number of ether oxygens (including phenoxy) is 3. The van der Waals surface area contributed by atoms with Gasteiger partial charge in [-0.05, 0) is 46.8 Å². The SMILES string of the molecule is O=C(O)Nc1cc(C(F)(F)F)c(Br)nc1C(=O)NNC(=O)C(CCCC1OCCO1)(OCc1ccccc1)C(F)(F)F. The van der Waals surface area contributed by atoms with Crippen molar-refractivity contribution in [2.24, 2.45) is 0 Å². The third-order valence-electron chi connectivity index (χ3n) is 5.84. The number of rotatable bonds is 10. The van der Waals surface area contributed by atoms with Gasteiger partial charge in [0.15, 0.2) is 12.0 Å². The van der Waals surface area contributed by atoms with Gasteiger partial charge >= 0.3 is 18.4 Å². The Morgan fingerprint density at radius 2 is 1.69 bits per heavy atom. The number of amides is 3. The highest BCUT2D eigenvalue weighted by molar-refractivity contribution is 9.10. The van der Waals surface area contributed by atoms with Crippen LogP contribution >= 0.6 is 15.9 Å². The molecule has 1 fully saturated rings. The molecule has 0 radical (unpaired) electrons. The predicted octanol–water partition coefficient (Wildman–Crippen LogP) is 4.77. The van der Waals surface area contributed by atoms with Crippen molar-refractivity contribution in [1.29, 1.82) is 0 Å². The molecule has 4 N–H and O–H groups in total. The van der Waals surface area contributed by atoms with E-state index in [9.17, 15) is 40.7 Å². The molecule has 3 amide bonds. The van der Waals surface area contributed by atoms with Crippen LogP contribution in [0, 0.1) is 0 Å². The lowest BCUT2D eigenvalue weighted by atomic mass is 9.94. The lowest BCUT2D eigenvalue weighted by molar-refractivity contribution is -0.274. The Morgan fingerprint density at radius 1 is 1.05 bits per heavy atom. The number of hydrogen-bond acceptors (Lipinski definition) is 7. The first-order valence-electron chi connectivity index (χ1n) is 12.0. The van der Waals surface area contributed by atoms with Crippen molar-refractivity contribution in [2.45, 2.75) is 50.1 Å². The molecule has 1 aromatic heterocycles. The van der Waals surface area contributed by atoms with Gasteiger partial charge in [0, 0.05) is 0 Å². The lowest BCUT2D eigenvalue weighted by Crippen LogP contribution is -2.61. The molecular weight excluding hydrogens is 650 g/mol. The fourth-order valence-corrected chi connectivity index (χ4v) is 4.34. The summed E-state index contributed by atoms with van der Waals surface area (Å²) in [5.41, 5.74) is -3.38. The van der Waals surface area contributed by atoms with Crippen LogP contribution in [0.25, 0.3) is 0 Å². The number of benzene rings is 1. The molecule has 1 saturated heterocycles. The van der Waals surface area contributed by atoms with Gasteiger partial charge in [0.2, 0.25) is 5.60 Å². The maximum absolute atomic E-state index is 14.5. The minimum absolute atomic E-state index is 0.0140. The largest absolute Gasteiger partial charge is 0.465 e. The molecule has 1 aliphatic rings. The zero-order valence-corrected chi connectivity index (χ0v) is 22.9. The van der Waals surface area contributed by atoms with Crippen LogP contribution in [0.5, 0.6) is 0 Å². The fourth-order valence-electron chi connectivity index (χ4n) is 3.82. The summed E-state index contributed by atoms with van der Waals surface area (Å²) in [7, 11) is 0. The zero-order valence-electron chi connectivity index (χ0n) is 21.3. The smallest absolute Gasteiger partial charge is 0.426 e. The molecule has 2 heterocycles. The third-order valence-corrected chi connectivity index (χ3v) is 6.44. The van der Waals surface area contributed by atoms with Crippen molar-refractivity contribution in [2.75, 3.05) is 18.5 Å². The van der Waals surface area contributed by atoms with E-state index in [1.54, 1.807) is 34.4 Å². The predicted molar refractivity (Wildman–Crippen MR) is 134 cm³/mol. The fraction of sp³-hybridized carbons (Fsp3) is 0.417. The Hall–Kier alpha value is -3.48. The zero-order chi connectivity index (χ0) is 31.1. The second kappa shape index (κ2) is 13.7. The Bertz CT molecular complexity index is 1280. The Labute approximate surface area is 242 Å². The van der Waals surface area contributed by atoms with Crippen LogP contribution < -0.4 is 16.2 Å². The Balaban J connectivity index is 1.86. The Kier molecular flexibility index (Phi) is 10.7. The summed E-state index contributed by atoms with van der Waals surface area (Å²) in [6.45, 7) is -0.157. The molecule has 42 heavy (non-hydrogen) atoms. The second-order valence-corrected chi connectivity index (χ2v) is 9.47.